The van der Waals surface area contributed by atoms with Gasteiger partial charge in [-0.25, -0.2) is 0 Å². The summed E-state index contributed by atoms with van der Waals surface area (Å²) in [7, 11) is 0. The zero-order valence-corrected chi connectivity index (χ0v) is 18.2. The minimum Gasteiger partial charge on any atom is -0.452 e. The summed E-state index contributed by atoms with van der Waals surface area (Å²) in [5.74, 6) is 1.63. The average Bonchev–Trinajstić information content (AvgIpc) is 3.53. The van der Waals surface area contributed by atoms with E-state index >= 15 is 0 Å². The monoisotopic (exact) mass is 455 g/mol. The molecule has 1 aliphatic carbocycles. The Hall–Kier alpha value is -4.27. The number of ether oxygens (including phenoxy) is 1. The number of nitrogens with two attached hydrogens (primary N) is 1. The molecule has 2 aromatic carbocycles. The number of Topliss-reactive ketones (excluding diaryl/α,β-unsaturated/α-hetero) is 1. The molecule has 2 N–H and O–H groups in total. The fourth-order valence-electron chi connectivity index (χ4n) is 4.46. The summed E-state index contributed by atoms with van der Waals surface area (Å²) in [5.41, 5.74) is 7.10. The molecule has 170 valence electrons. The number of carbonyl (C=O) groups is 3. The van der Waals surface area contributed by atoms with Crippen LogP contribution in [-0.2, 0) is 13.1 Å². The maximum absolute atomic E-state index is 13.1. The molecule has 9 heteroatoms. The van der Waals surface area contributed by atoms with E-state index in [1.807, 2.05) is 0 Å². The van der Waals surface area contributed by atoms with Crippen molar-refractivity contribution >= 4 is 23.7 Å². The minimum atomic E-state index is -0.659. The Morgan fingerprint density at radius 3 is 2.59 bits per heavy atom. The molecule has 0 saturated heterocycles. The maximum Gasteiger partial charge on any atom is 0.254 e. The molecule has 3 aliphatic rings. The fourth-order valence-corrected chi connectivity index (χ4v) is 4.46. The summed E-state index contributed by atoms with van der Waals surface area (Å²) in [4.78, 5) is 39.1. The number of primary amides is 1. The number of ketones is 1. The van der Waals surface area contributed by atoms with Crippen molar-refractivity contribution in [2.75, 3.05) is 6.54 Å². The van der Waals surface area contributed by atoms with Crippen LogP contribution in [0.1, 0.15) is 67.0 Å². The topological polar surface area (TPSA) is 120 Å². The third kappa shape index (κ3) is 3.37. The van der Waals surface area contributed by atoms with Crippen molar-refractivity contribution in [3.63, 3.8) is 0 Å². The number of carbonyl (C=O) groups excluding carboxylic acids is 3. The van der Waals surface area contributed by atoms with E-state index in [0.717, 1.165) is 24.5 Å². The highest BCUT2D eigenvalue weighted by Gasteiger charge is 2.33. The number of fused-ring (bicyclic) bond motifs is 2. The van der Waals surface area contributed by atoms with E-state index in [1.54, 1.807) is 47.4 Å². The predicted molar refractivity (Wildman–Crippen MR) is 121 cm³/mol. The maximum atomic E-state index is 13.1. The second kappa shape index (κ2) is 7.65. The van der Waals surface area contributed by atoms with Crippen LogP contribution in [0.25, 0.3) is 6.08 Å². The van der Waals surface area contributed by atoms with Gasteiger partial charge in [-0.15, -0.1) is 10.2 Å². The van der Waals surface area contributed by atoms with Crippen molar-refractivity contribution in [3.8, 4) is 5.75 Å². The lowest BCUT2D eigenvalue weighted by Crippen LogP contribution is -2.38. The Labute approximate surface area is 194 Å². The van der Waals surface area contributed by atoms with Crippen LogP contribution in [0, 0.1) is 0 Å². The molecule has 0 radical (unpaired) electrons. The molecule has 0 atom stereocenters. The molecule has 2 aliphatic heterocycles. The number of nitrogens with zero attached hydrogens (tertiary/aromatic N) is 4. The van der Waals surface area contributed by atoms with Gasteiger partial charge in [0, 0.05) is 24.6 Å². The van der Waals surface area contributed by atoms with Crippen molar-refractivity contribution in [2.45, 2.75) is 31.8 Å². The van der Waals surface area contributed by atoms with Crippen LogP contribution in [0.2, 0.25) is 0 Å². The average molecular weight is 455 g/mol. The molecule has 1 fully saturated rings. The highest BCUT2D eigenvalue weighted by molar-refractivity contribution is 6.16. The van der Waals surface area contributed by atoms with Gasteiger partial charge < -0.3 is 19.9 Å². The summed E-state index contributed by atoms with van der Waals surface area (Å²) in [6.45, 7) is 1.75. The standard InChI is InChI=1S/C25H21N5O4/c26-23(32)18-3-1-2-17-21(31)19(34-22(17)18)12-14-4-6-16(7-5-14)25(33)29-10-11-30-20(13-29)27-28-24(30)15-8-9-15/h1-7,12,15H,8-11,13H2,(H2,26,32)/b19-12-. The molecular formula is C25H21N5O4. The molecule has 0 unspecified atom stereocenters. The van der Waals surface area contributed by atoms with E-state index in [-0.39, 0.29) is 28.8 Å². The number of benzene rings is 2. The summed E-state index contributed by atoms with van der Waals surface area (Å²) in [6, 6.07) is 11.7. The van der Waals surface area contributed by atoms with E-state index in [0.29, 0.717) is 42.2 Å². The minimum absolute atomic E-state index is 0.0758. The normalized spacial score (nSPS) is 17.9. The smallest absolute Gasteiger partial charge is 0.254 e. The Morgan fingerprint density at radius 1 is 1.06 bits per heavy atom. The van der Waals surface area contributed by atoms with Crippen molar-refractivity contribution in [1.29, 1.82) is 0 Å². The van der Waals surface area contributed by atoms with Crippen molar-refractivity contribution in [2.24, 2.45) is 5.73 Å². The number of aromatic nitrogens is 3. The summed E-state index contributed by atoms with van der Waals surface area (Å²) in [5, 5.41) is 8.62. The van der Waals surface area contributed by atoms with Crippen LogP contribution >= 0.6 is 0 Å². The van der Waals surface area contributed by atoms with Crippen LogP contribution in [0.5, 0.6) is 5.75 Å². The molecule has 0 spiro atoms. The number of para-hydroxylation sites is 1. The first-order valence-electron chi connectivity index (χ1n) is 11.2. The Morgan fingerprint density at radius 2 is 1.85 bits per heavy atom. The van der Waals surface area contributed by atoms with Gasteiger partial charge in [-0.05, 0) is 48.7 Å². The second-order valence-electron chi connectivity index (χ2n) is 8.74. The largest absolute Gasteiger partial charge is 0.452 e. The van der Waals surface area contributed by atoms with Gasteiger partial charge in [0.15, 0.2) is 17.3 Å². The number of allylic oxidation sites excluding steroid dienone is 1. The quantitative estimate of drug-likeness (QED) is 0.604. The molecule has 9 nitrogen and oxygen atoms in total. The first-order chi connectivity index (χ1) is 16.5. The molecule has 34 heavy (non-hydrogen) atoms. The zero-order chi connectivity index (χ0) is 23.4. The second-order valence-corrected chi connectivity index (χ2v) is 8.74. The van der Waals surface area contributed by atoms with Crippen LogP contribution < -0.4 is 10.5 Å². The lowest BCUT2D eigenvalue weighted by Gasteiger charge is -2.28. The van der Waals surface area contributed by atoms with Crippen molar-refractivity contribution in [3.05, 3.63) is 82.1 Å². The van der Waals surface area contributed by atoms with E-state index in [4.69, 9.17) is 10.5 Å². The number of hydrogen-bond acceptors (Lipinski definition) is 6. The van der Waals surface area contributed by atoms with Gasteiger partial charge in [-0.3, -0.25) is 14.4 Å². The van der Waals surface area contributed by atoms with Gasteiger partial charge in [0.1, 0.15) is 5.82 Å². The van der Waals surface area contributed by atoms with Gasteiger partial charge in [-0.2, -0.15) is 0 Å². The lowest BCUT2D eigenvalue weighted by atomic mass is 10.0. The Bertz CT molecular complexity index is 1380. The van der Waals surface area contributed by atoms with Crippen molar-refractivity contribution < 1.29 is 19.1 Å². The predicted octanol–water partition coefficient (Wildman–Crippen LogP) is 2.53. The van der Waals surface area contributed by atoms with Gasteiger partial charge in [-0.1, -0.05) is 18.2 Å². The summed E-state index contributed by atoms with van der Waals surface area (Å²) >= 11 is 0. The molecule has 2 amide bonds. The molecule has 0 bridgehead atoms. The van der Waals surface area contributed by atoms with Gasteiger partial charge in [0.2, 0.25) is 5.78 Å². The fraction of sp³-hybridized carbons (Fsp3) is 0.240. The third-order valence-electron chi connectivity index (χ3n) is 6.43. The first-order valence-corrected chi connectivity index (χ1v) is 11.2. The molecular weight excluding hydrogens is 434 g/mol. The Kier molecular flexibility index (Phi) is 4.58. The number of rotatable bonds is 4. The third-order valence-corrected chi connectivity index (χ3v) is 6.43. The highest BCUT2D eigenvalue weighted by Crippen LogP contribution is 2.39. The van der Waals surface area contributed by atoms with Crippen LogP contribution in [-0.4, -0.2) is 43.8 Å². The van der Waals surface area contributed by atoms with Gasteiger partial charge in [0.05, 0.1) is 17.7 Å². The summed E-state index contributed by atoms with van der Waals surface area (Å²) in [6.07, 6.45) is 3.92. The molecule has 3 heterocycles. The van der Waals surface area contributed by atoms with Crippen molar-refractivity contribution in [1.82, 2.24) is 19.7 Å². The SMILES string of the molecule is NC(=O)c1cccc2c1O/C(=C\c1ccc(C(=O)N3CCn4c(nnc4C4CC4)C3)cc1)C2=O. The molecule has 3 aromatic rings. The van der Waals surface area contributed by atoms with Crippen LogP contribution in [0.15, 0.2) is 48.2 Å². The number of amides is 2. The van der Waals surface area contributed by atoms with Crippen LogP contribution in [0.4, 0.5) is 0 Å². The molecule has 6 rings (SSSR count). The zero-order valence-electron chi connectivity index (χ0n) is 18.2. The van der Waals surface area contributed by atoms with E-state index < -0.39 is 5.91 Å². The van der Waals surface area contributed by atoms with Gasteiger partial charge in [0.25, 0.3) is 11.8 Å². The number of hydrogen-bond donors (Lipinski definition) is 1. The molecule has 1 saturated carbocycles. The van der Waals surface area contributed by atoms with E-state index in [2.05, 4.69) is 14.8 Å². The van der Waals surface area contributed by atoms with E-state index in [1.165, 1.54) is 6.07 Å². The van der Waals surface area contributed by atoms with Gasteiger partial charge >= 0.3 is 0 Å². The van der Waals surface area contributed by atoms with Crippen LogP contribution in [0.3, 0.4) is 0 Å². The van der Waals surface area contributed by atoms with E-state index in [9.17, 15) is 14.4 Å². The first kappa shape index (κ1) is 20.3. The lowest BCUT2D eigenvalue weighted by molar-refractivity contribution is 0.0706. The Balaban J connectivity index is 1.18. The molecule has 1 aromatic heterocycles. The summed E-state index contributed by atoms with van der Waals surface area (Å²) < 4.78 is 7.82. The highest BCUT2D eigenvalue weighted by atomic mass is 16.5.